The highest BCUT2D eigenvalue weighted by molar-refractivity contribution is 7.89. The Bertz CT molecular complexity index is 1090. The first-order valence-electron chi connectivity index (χ1n) is 11.6. The minimum absolute atomic E-state index is 0.00000407. The molecule has 9 nitrogen and oxygen atoms in total. The van der Waals surface area contributed by atoms with Crippen LogP contribution in [0.2, 0.25) is 0 Å². The largest absolute Gasteiger partial charge is 0.495 e. The first kappa shape index (κ1) is 23.7. The maximum atomic E-state index is 13.4. The third kappa shape index (κ3) is 5.22. The van der Waals surface area contributed by atoms with Crippen LogP contribution in [0.25, 0.3) is 0 Å². The van der Waals surface area contributed by atoms with E-state index < -0.39 is 22.0 Å². The smallest absolute Gasteiger partial charge is 0.251 e. The van der Waals surface area contributed by atoms with Crippen LogP contribution in [0.15, 0.2) is 27.6 Å². The number of nitrogens with zero attached hydrogens (tertiary/aromatic N) is 3. The number of nitrogens with one attached hydrogen (secondary N) is 1. The van der Waals surface area contributed by atoms with Crippen LogP contribution in [0.4, 0.5) is 0 Å². The molecule has 2 heterocycles. The molecule has 2 aliphatic rings. The number of hydrogen-bond acceptors (Lipinski definition) is 7. The predicted molar refractivity (Wildman–Crippen MR) is 122 cm³/mol. The molecular weight excluding hydrogens is 444 g/mol. The molecule has 2 aromatic rings. The van der Waals surface area contributed by atoms with Crippen LogP contribution >= 0.6 is 0 Å². The third-order valence-electron chi connectivity index (χ3n) is 6.23. The Balaban J connectivity index is 1.59. The SMILES string of the molecule is COc1ccc(C(=O)NC(c2nc(C3CC3)no2)C(C)C)cc1S(=O)(=O)N1CCCCCC1. The van der Waals surface area contributed by atoms with Gasteiger partial charge in [-0.1, -0.05) is 31.8 Å². The van der Waals surface area contributed by atoms with Crippen LogP contribution in [0.5, 0.6) is 5.75 Å². The average molecular weight is 477 g/mol. The zero-order valence-electron chi connectivity index (χ0n) is 19.4. The first-order chi connectivity index (χ1) is 15.8. The summed E-state index contributed by atoms with van der Waals surface area (Å²) in [4.78, 5) is 17.6. The number of carbonyl (C=O) groups is 1. The van der Waals surface area contributed by atoms with E-state index in [4.69, 9.17) is 9.26 Å². The molecule has 1 unspecified atom stereocenters. The number of ether oxygens (including phenoxy) is 1. The van der Waals surface area contributed by atoms with Crippen molar-refractivity contribution in [2.45, 2.75) is 69.2 Å². The summed E-state index contributed by atoms with van der Waals surface area (Å²) in [5.74, 6) is 1.21. The van der Waals surface area contributed by atoms with Crippen LogP contribution < -0.4 is 10.1 Å². The predicted octanol–water partition coefficient (Wildman–Crippen LogP) is 3.65. The van der Waals surface area contributed by atoms with Crippen molar-refractivity contribution in [3.8, 4) is 5.75 Å². The Morgan fingerprint density at radius 1 is 1.18 bits per heavy atom. The lowest BCUT2D eigenvalue weighted by Gasteiger charge is -2.22. The van der Waals surface area contributed by atoms with Gasteiger partial charge in [0.25, 0.3) is 5.91 Å². The van der Waals surface area contributed by atoms with E-state index >= 15 is 0 Å². The van der Waals surface area contributed by atoms with Crippen molar-refractivity contribution < 1.29 is 22.5 Å². The summed E-state index contributed by atoms with van der Waals surface area (Å²) < 4.78 is 39.1. The van der Waals surface area contributed by atoms with Gasteiger partial charge in [0, 0.05) is 24.6 Å². The van der Waals surface area contributed by atoms with Gasteiger partial charge in [0.2, 0.25) is 15.9 Å². The maximum Gasteiger partial charge on any atom is 0.251 e. The van der Waals surface area contributed by atoms with Crippen molar-refractivity contribution in [3.63, 3.8) is 0 Å². The highest BCUT2D eigenvalue weighted by Gasteiger charge is 2.33. The first-order valence-corrected chi connectivity index (χ1v) is 13.1. The minimum Gasteiger partial charge on any atom is -0.495 e. The normalized spacial score (nSPS) is 18.7. The highest BCUT2D eigenvalue weighted by Crippen LogP contribution is 2.39. The highest BCUT2D eigenvalue weighted by atomic mass is 32.2. The number of sulfonamides is 1. The van der Waals surface area contributed by atoms with Crippen LogP contribution in [0.1, 0.15) is 86.4 Å². The van der Waals surface area contributed by atoms with Crippen molar-refractivity contribution in [3.05, 3.63) is 35.5 Å². The maximum absolute atomic E-state index is 13.4. The molecule has 0 radical (unpaired) electrons. The van der Waals surface area contributed by atoms with E-state index in [0.717, 1.165) is 38.5 Å². The minimum atomic E-state index is -3.79. The Labute approximate surface area is 194 Å². The molecule has 0 spiro atoms. The number of hydrogen-bond donors (Lipinski definition) is 1. The molecule has 1 aliphatic carbocycles. The molecule has 2 fully saturated rings. The van der Waals surface area contributed by atoms with Gasteiger partial charge < -0.3 is 14.6 Å². The van der Waals surface area contributed by atoms with Crippen molar-refractivity contribution in [2.24, 2.45) is 5.92 Å². The molecule has 4 rings (SSSR count). The average Bonchev–Trinajstić information content (AvgIpc) is 3.59. The summed E-state index contributed by atoms with van der Waals surface area (Å²) >= 11 is 0. The zero-order valence-corrected chi connectivity index (χ0v) is 20.2. The fourth-order valence-electron chi connectivity index (χ4n) is 4.06. The van der Waals surface area contributed by atoms with Crippen molar-refractivity contribution in [1.82, 2.24) is 19.8 Å². The summed E-state index contributed by atoms with van der Waals surface area (Å²) in [6, 6.07) is 4.01. The summed E-state index contributed by atoms with van der Waals surface area (Å²) in [6.45, 7) is 4.85. The molecule has 1 atom stereocenters. The summed E-state index contributed by atoms with van der Waals surface area (Å²) in [5, 5.41) is 6.99. The van der Waals surface area contributed by atoms with Gasteiger partial charge >= 0.3 is 0 Å². The van der Waals surface area contributed by atoms with Gasteiger partial charge in [-0.2, -0.15) is 9.29 Å². The second-order valence-corrected chi connectivity index (χ2v) is 11.1. The van der Waals surface area contributed by atoms with E-state index in [1.165, 1.54) is 23.5 Å². The third-order valence-corrected chi connectivity index (χ3v) is 8.15. The quantitative estimate of drug-likeness (QED) is 0.618. The fraction of sp³-hybridized carbons (Fsp3) is 0.609. The number of rotatable bonds is 8. The van der Waals surface area contributed by atoms with Gasteiger partial charge in [0.15, 0.2) is 5.82 Å². The number of methoxy groups -OCH3 is 1. The van der Waals surface area contributed by atoms with Gasteiger partial charge in [0.05, 0.1) is 7.11 Å². The molecule has 0 bridgehead atoms. The van der Waals surface area contributed by atoms with Crippen LogP contribution in [-0.4, -0.2) is 49.0 Å². The molecular formula is C23H32N4O5S. The number of benzene rings is 1. The monoisotopic (exact) mass is 476 g/mol. The molecule has 33 heavy (non-hydrogen) atoms. The second kappa shape index (κ2) is 9.80. The molecule has 1 aromatic heterocycles. The van der Waals surface area contributed by atoms with Crippen molar-refractivity contribution in [2.75, 3.05) is 20.2 Å². The van der Waals surface area contributed by atoms with Crippen LogP contribution in [0.3, 0.4) is 0 Å². The van der Waals surface area contributed by atoms with Crippen molar-refractivity contribution >= 4 is 15.9 Å². The fourth-order valence-corrected chi connectivity index (χ4v) is 5.76. The molecule has 1 N–H and O–H groups in total. The summed E-state index contributed by atoms with van der Waals surface area (Å²) in [7, 11) is -2.36. The van der Waals surface area contributed by atoms with Gasteiger partial charge in [-0.05, 0) is 49.8 Å². The number of amides is 1. The van der Waals surface area contributed by atoms with E-state index in [2.05, 4.69) is 15.5 Å². The van der Waals surface area contributed by atoms with Crippen molar-refractivity contribution in [1.29, 1.82) is 0 Å². The Hall–Kier alpha value is -2.46. The van der Waals surface area contributed by atoms with Crippen LogP contribution in [0, 0.1) is 5.92 Å². The molecule has 10 heteroatoms. The lowest BCUT2D eigenvalue weighted by Crippen LogP contribution is -2.33. The Kier molecular flexibility index (Phi) is 7.04. The lowest BCUT2D eigenvalue weighted by molar-refractivity contribution is 0.0913. The van der Waals surface area contributed by atoms with Gasteiger partial charge in [0.1, 0.15) is 16.7 Å². The van der Waals surface area contributed by atoms with E-state index in [-0.39, 0.29) is 22.1 Å². The van der Waals surface area contributed by atoms with E-state index in [1.807, 2.05) is 13.8 Å². The van der Waals surface area contributed by atoms with E-state index in [1.54, 1.807) is 6.07 Å². The topological polar surface area (TPSA) is 115 Å². The van der Waals surface area contributed by atoms with Crippen LogP contribution in [-0.2, 0) is 10.0 Å². The lowest BCUT2D eigenvalue weighted by atomic mass is 10.0. The summed E-state index contributed by atoms with van der Waals surface area (Å²) in [6.07, 6.45) is 5.78. The number of carbonyl (C=O) groups excluding carboxylic acids is 1. The standard InChI is InChI=1S/C23H32N4O5S/c1-15(2)20(23-25-21(26-32-23)16-8-9-16)24-22(28)17-10-11-18(31-3)19(14-17)33(29,30)27-12-6-4-5-7-13-27/h10-11,14-16,20H,4-9,12-13H2,1-3H3,(H,24,28). The Morgan fingerprint density at radius 3 is 2.48 bits per heavy atom. The molecule has 180 valence electrons. The van der Waals surface area contributed by atoms with Gasteiger partial charge in [-0.3, -0.25) is 4.79 Å². The van der Waals surface area contributed by atoms with E-state index in [0.29, 0.717) is 30.7 Å². The van der Waals surface area contributed by atoms with Gasteiger partial charge in [-0.25, -0.2) is 8.42 Å². The molecule has 1 saturated carbocycles. The second-order valence-electron chi connectivity index (χ2n) is 9.14. The molecule has 1 aliphatic heterocycles. The van der Waals surface area contributed by atoms with Gasteiger partial charge in [-0.15, -0.1) is 0 Å². The van der Waals surface area contributed by atoms with E-state index in [9.17, 15) is 13.2 Å². The number of aromatic nitrogens is 2. The summed E-state index contributed by atoms with van der Waals surface area (Å²) in [5.41, 5.74) is 0.233. The Morgan fingerprint density at radius 2 is 1.88 bits per heavy atom. The molecule has 1 amide bonds. The molecule has 1 aromatic carbocycles. The zero-order chi connectivity index (χ0) is 23.6. The molecule has 1 saturated heterocycles.